The number of halogens is 1. The number of hydrogen-bond donors (Lipinski definition) is 0. The predicted molar refractivity (Wildman–Crippen MR) is 107 cm³/mol. The first-order valence-corrected chi connectivity index (χ1v) is 11.3. The third-order valence-corrected chi connectivity index (χ3v) is 11.6. The third-order valence-electron chi connectivity index (χ3n) is 5.07. The number of benzene rings is 1. The van der Waals surface area contributed by atoms with Crippen LogP contribution in [0.4, 0.5) is 0 Å². The van der Waals surface area contributed by atoms with Gasteiger partial charge in [-0.2, -0.15) is 0 Å². The molecule has 2 nitrogen and oxygen atoms in total. The van der Waals surface area contributed by atoms with Gasteiger partial charge in [-0.15, -0.1) is 5.54 Å². The van der Waals surface area contributed by atoms with Crippen LogP contribution in [0.25, 0.3) is 10.9 Å². The first kappa shape index (κ1) is 19.0. The molecular formula is C20H27ClN2Si. The van der Waals surface area contributed by atoms with Crippen molar-refractivity contribution >= 4 is 30.6 Å². The van der Waals surface area contributed by atoms with Gasteiger partial charge in [0.2, 0.25) is 0 Å². The van der Waals surface area contributed by atoms with Crippen LogP contribution in [0.5, 0.6) is 0 Å². The maximum absolute atomic E-state index is 6.40. The van der Waals surface area contributed by atoms with E-state index in [1.54, 1.807) is 0 Å². The molecule has 1 heterocycles. The van der Waals surface area contributed by atoms with Gasteiger partial charge in [-0.1, -0.05) is 65.1 Å². The molecule has 0 saturated carbocycles. The van der Waals surface area contributed by atoms with Crippen LogP contribution < -0.4 is 0 Å². The normalized spacial score (nSPS) is 12.1. The Morgan fingerprint density at radius 1 is 0.958 bits per heavy atom. The fourth-order valence-electron chi connectivity index (χ4n) is 3.96. The summed E-state index contributed by atoms with van der Waals surface area (Å²) in [5.41, 5.74) is 7.38. The smallest absolute Gasteiger partial charge is 0.146 e. The topological polar surface area (TPSA) is 25.8 Å². The number of aromatic nitrogens is 2. The van der Waals surface area contributed by atoms with Gasteiger partial charge in [0.25, 0.3) is 0 Å². The van der Waals surface area contributed by atoms with Gasteiger partial charge in [-0.05, 0) is 35.7 Å². The third kappa shape index (κ3) is 3.36. The van der Waals surface area contributed by atoms with Crippen molar-refractivity contribution in [2.24, 2.45) is 0 Å². The predicted octanol–water partition coefficient (Wildman–Crippen LogP) is 6.16. The molecular weight excluding hydrogens is 332 g/mol. The lowest BCUT2D eigenvalue weighted by molar-refractivity contribution is 0.838. The summed E-state index contributed by atoms with van der Waals surface area (Å²) in [6.07, 6.45) is 0. The molecule has 1 aromatic carbocycles. The maximum Gasteiger partial charge on any atom is 0.146 e. The number of rotatable bonds is 3. The van der Waals surface area contributed by atoms with E-state index in [0.29, 0.717) is 27.6 Å². The zero-order chi connectivity index (χ0) is 18.1. The molecule has 0 aliphatic carbocycles. The van der Waals surface area contributed by atoms with Crippen LogP contribution in [-0.4, -0.2) is 18.0 Å². The summed E-state index contributed by atoms with van der Waals surface area (Å²) in [5.74, 6) is 4.17. The van der Waals surface area contributed by atoms with Crippen molar-refractivity contribution in [3.63, 3.8) is 0 Å². The van der Waals surface area contributed by atoms with Gasteiger partial charge in [-0.3, -0.25) is 0 Å². The molecule has 0 spiro atoms. The largest absolute Gasteiger partial charge is 0.233 e. The molecule has 0 fully saturated rings. The summed E-state index contributed by atoms with van der Waals surface area (Å²) >= 11 is 6.40. The van der Waals surface area contributed by atoms with E-state index in [1.807, 2.05) is 25.1 Å². The molecule has 0 aliphatic rings. The van der Waals surface area contributed by atoms with Crippen molar-refractivity contribution in [1.29, 1.82) is 0 Å². The van der Waals surface area contributed by atoms with E-state index in [0.717, 1.165) is 16.5 Å². The van der Waals surface area contributed by atoms with Gasteiger partial charge >= 0.3 is 0 Å². The molecule has 2 aromatic rings. The molecule has 0 amide bonds. The molecule has 0 atom stereocenters. The quantitative estimate of drug-likeness (QED) is 0.373. The second-order valence-electron chi connectivity index (χ2n) is 7.41. The van der Waals surface area contributed by atoms with Crippen molar-refractivity contribution in [2.75, 3.05) is 0 Å². The minimum Gasteiger partial charge on any atom is -0.233 e. The second kappa shape index (κ2) is 7.25. The van der Waals surface area contributed by atoms with E-state index < -0.39 is 8.07 Å². The number of aryl methyl sites for hydroxylation is 1. The molecule has 0 unspecified atom stereocenters. The van der Waals surface area contributed by atoms with Gasteiger partial charge in [0.1, 0.15) is 19.1 Å². The van der Waals surface area contributed by atoms with Crippen LogP contribution in [0.3, 0.4) is 0 Å². The van der Waals surface area contributed by atoms with Crippen molar-refractivity contribution in [2.45, 2.75) is 65.1 Å². The minimum absolute atomic E-state index is 0.494. The highest BCUT2D eigenvalue weighted by molar-refractivity contribution is 6.90. The average molecular weight is 359 g/mol. The lowest BCUT2D eigenvalue weighted by atomic mass is 10.1. The molecule has 0 saturated heterocycles. The zero-order valence-corrected chi connectivity index (χ0v) is 17.5. The Hall–Kier alpha value is -1.37. The summed E-state index contributed by atoms with van der Waals surface area (Å²) in [6.45, 7) is 15.8. The maximum atomic E-state index is 6.40. The first-order chi connectivity index (χ1) is 11.2. The summed E-state index contributed by atoms with van der Waals surface area (Å²) < 4.78 is 0. The monoisotopic (exact) mass is 358 g/mol. The van der Waals surface area contributed by atoms with Crippen molar-refractivity contribution in [3.05, 3.63) is 34.7 Å². The Morgan fingerprint density at radius 3 is 2.08 bits per heavy atom. The molecule has 0 bridgehead atoms. The van der Waals surface area contributed by atoms with Crippen LogP contribution >= 0.6 is 11.6 Å². The minimum atomic E-state index is -1.77. The van der Waals surface area contributed by atoms with E-state index in [9.17, 15) is 0 Å². The van der Waals surface area contributed by atoms with Gasteiger partial charge in [0.15, 0.2) is 0 Å². The molecule has 1 aromatic heterocycles. The molecule has 0 N–H and O–H groups in total. The van der Waals surface area contributed by atoms with Crippen molar-refractivity contribution in [1.82, 2.24) is 9.97 Å². The summed E-state index contributed by atoms with van der Waals surface area (Å²) in [4.78, 5) is 8.80. The molecule has 4 heteroatoms. The Kier molecular flexibility index (Phi) is 5.73. The summed E-state index contributed by atoms with van der Waals surface area (Å²) in [5, 5.41) is 1.37. The standard InChI is InChI=1S/C20H27ClN2Si/c1-13(2)24(14(3)4,15(5)6)12-11-17-9-8-10-18-19(17)20(21)23-16(7)22-18/h8-10,13-15H,1-7H3. The van der Waals surface area contributed by atoms with Crippen LogP contribution in [0, 0.1) is 18.4 Å². The van der Waals surface area contributed by atoms with Crippen LogP contribution in [0.1, 0.15) is 52.9 Å². The lowest BCUT2D eigenvalue weighted by Crippen LogP contribution is -2.43. The lowest BCUT2D eigenvalue weighted by Gasteiger charge is -2.38. The highest BCUT2D eigenvalue weighted by Gasteiger charge is 2.41. The van der Waals surface area contributed by atoms with Crippen LogP contribution in [0.15, 0.2) is 18.2 Å². The zero-order valence-electron chi connectivity index (χ0n) is 15.7. The summed E-state index contributed by atoms with van der Waals surface area (Å²) in [6, 6.07) is 6.00. The fourth-order valence-corrected chi connectivity index (χ4v) is 9.50. The van der Waals surface area contributed by atoms with E-state index in [1.165, 1.54) is 0 Å². The highest BCUT2D eigenvalue weighted by Crippen LogP contribution is 2.41. The Labute approximate surface area is 152 Å². The summed E-state index contributed by atoms with van der Waals surface area (Å²) in [7, 11) is -1.77. The number of fused-ring (bicyclic) bond motifs is 1. The second-order valence-corrected chi connectivity index (χ2v) is 13.3. The number of hydrogen-bond acceptors (Lipinski definition) is 2. The van der Waals surface area contributed by atoms with E-state index >= 15 is 0 Å². The van der Waals surface area contributed by atoms with Crippen molar-refractivity contribution in [3.8, 4) is 11.5 Å². The van der Waals surface area contributed by atoms with Gasteiger partial charge in [0, 0.05) is 5.56 Å². The Morgan fingerprint density at radius 2 is 1.54 bits per heavy atom. The average Bonchev–Trinajstić information content (AvgIpc) is 2.46. The number of nitrogens with zero attached hydrogens (tertiary/aromatic N) is 2. The molecule has 128 valence electrons. The van der Waals surface area contributed by atoms with Crippen LogP contribution in [0.2, 0.25) is 21.8 Å². The molecule has 24 heavy (non-hydrogen) atoms. The van der Waals surface area contributed by atoms with E-state index in [4.69, 9.17) is 11.6 Å². The van der Waals surface area contributed by atoms with Gasteiger partial charge in [0.05, 0.1) is 10.9 Å². The fraction of sp³-hybridized carbons (Fsp3) is 0.500. The SMILES string of the molecule is Cc1nc(Cl)c2c(C#C[Si](C(C)C)(C(C)C)C(C)C)cccc2n1. The Balaban J connectivity index is 2.68. The van der Waals surface area contributed by atoms with Crippen molar-refractivity contribution < 1.29 is 0 Å². The molecule has 0 radical (unpaired) electrons. The van der Waals surface area contributed by atoms with E-state index in [-0.39, 0.29) is 0 Å². The Bertz CT molecular complexity index is 779. The highest BCUT2D eigenvalue weighted by atomic mass is 35.5. The molecule has 0 aliphatic heterocycles. The van der Waals surface area contributed by atoms with Gasteiger partial charge in [-0.25, -0.2) is 9.97 Å². The van der Waals surface area contributed by atoms with E-state index in [2.05, 4.69) is 63.0 Å². The first-order valence-electron chi connectivity index (χ1n) is 8.66. The van der Waals surface area contributed by atoms with Crippen LogP contribution in [-0.2, 0) is 0 Å². The molecule has 2 rings (SSSR count). The van der Waals surface area contributed by atoms with Gasteiger partial charge < -0.3 is 0 Å².